The van der Waals surface area contributed by atoms with Crippen LogP contribution in [0.15, 0.2) is 59.0 Å². The van der Waals surface area contributed by atoms with E-state index in [2.05, 4.69) is 32.6 Å². The molecule has 2 aromatic carbocycles. The van der Waals surface area contributed by atoms with E-state index >= 15 is 0 Å². The van der Waals surface area contributed by atoms with Gasteiger partial charge in [0.2, 0.25) is 0 Å². The number of aromatic amines is 1. The lowest BCUT2D eigenvalue weighted by atomic mass is 10.1. The van der Waals surface area contributed by atoms with E-state index in [1.54, 1.807) is 0 Å². The van der Waals surface area contributed by atoms with Gasteiger partial charge in [0.1, 0.15) is 5.69 Å². The highest BCUT2D eigenvalue weighted by atomic mass is 35.5. The second-order valence-electron chi connectivity index (χ2n) is 5.49. The summed E-state index contributed by atoms with van der Waals surface area (Å²) in [5.41, 5.74) is 3.01. The van der Waals surface area contributed by atoms with Crippen LogP contribution in [0.1, 0.15) is 5.56 Å². The van der Waals surface area contributed by atoms with Crippen molar-refractivity contribution < 1.29 is 4.42 Å². The largest absolute Gasteiger partial charge is 0.402 e. The molecule has 120 valence electrons. The van der Waals surface area contributed by atoms with Gasteiger partial charge in [0, 0.05) is 22.5 Å². The molecule has 2 N–H and O–H groups in total. The number of nitrogens with zero attached hydrogens (tertiary/aromatic N) is 2. The molecular formula is C18H15ClN4O. The molecule has 0 aliphatic heterocycles. The zero-order chi connectivity index (χ0) is 16.4. The van der Waals surface area contributed by atoms with Crippen molar-refractivity contribution in [1.82, 2.24) is 15.2 Å². The molecule has 0 amide bonds. The van der Waals surface area contributed by atoms with E-state index in [4.69, 9.17) is 16.0 Å². The number of halogens is 1. The van der Waals surface area contributed by atoms with Gasteiger partial charge >= 0.3 is 6.01 Å². The average Bonchev–Trinajstić information content (AvgIpc) is 3.22. The standard InChI is InChI=1S/C18H15ClN4O/c19-14-6-7-15-13(10-14)11-16(21-15)17-22-23-18(24-17)20-9-8-12-4-2-1-3-5-12/h1-7,10-11,21H,8-9H2,(H,20,23). The third-order valence-corrected chi connectivity index (χ3v) is 4.01. The van der Waals surface area contributed by atoms with Crippen LogP contribution in [0.3, 0.4) is 0 Å². The van der Waals surface area contributed by atoms with Crippen LogP contribution in [-0.2, 0) is 6.42 Å². The quantitative estimate of drug-likeness (QED) is 0.561. The summed E-state index contributed by atoms with van der Waals surface area (Å²) in [7, 11) is 0. The molecule has 4 aromatic rings. The SMILES string of the molecule is Clc1ccc2[nH]c(-c3nnc(NCCc4ccccc4)o3)cc2c1. The Morgan fingerprint density at radius 2 is 1.92 bits per heavy atom. The zero-order valence-electron chi connectivity index (χ0n) is 12.8. The monoisotopic (exact) mass is 338 g/mol. The predicted molar refractivity (Wildman–Crippen MR) is 95.2 cm³/mol. The number of hydrogen-bond acceptors (Lipinski definition) is 4. The van der Waals surface area contributed by atoms with Crippen LogP contribution in [0, 0.1) is 0 Å². The summed E-state index contributed by atoms with van der Waals surface area (Å²) in [5, 5.41) is 13.0. The van der Waals surface area contributed by atoms with Crippen molar-refractivity contribution in [3.63, 3.8) is 0 Å². The summed E-state index contributed by atoms with van der Waals surface area (Å²) in [6.45, 7) is 0.730. The van der Waals surface area contributed by atoms with Crippen molar-refractivity contribution in [3.8, 4) is 11.6 Å². The third-order valence-electron chi connectivity index (χ3n) is 3.77. The Morgan fingerprint density at radius 3 is 2.79 bits per heavy atom. The summed E-state index contributed by atoms with van der Waals surface area (Å²) in [6, 6.07) is 18.3. The maximum absolute atomic E-state index is 6.01. The van der Waals surface area contributed by atoms with Crippen LogP contribution in [0.4, 0.5) is 6.01 Å². The highest BCUT2D eigenvalue weighted by molar-refractivity contribution is 6.31. The molecule has 0 aliphatic rings. The number of anilines is 1. The summed E-state index contributed by atoms with van der Waals surface area (Å²) >= 11 is 6.01. The van der Waals surface area contributed by atoms with Crippen LogP contribution in [0.2, 0.25) is 5.02 Å². The molecule has 0 unspecified atom stereocenters. The number of hydrogen-bond donors (Lipinski definition) is 2. The van der Waals surface area contributed by atoms with E-state index in [0.29, 0.717) is 16.9 Å². The topological polar surface area (TPSA) is 66.7 Å². The van der Waals surface area contributed by atoms with E-state index in [1.807, 2.05) is 42.5 Å². The first kappa shape index (κ1) is 14.8. The summed E-state index contributed by atoms with van der Waals surface area (Å²) < 4.78 is 5.67. The normalized spacial score (nSPS) is 11.0. The van der Waals surface area contributed by atoms with Crippen LogP contribution >= 0.6 is 11.6 Å². The maximum atomic E-state index is 6.01. The Hall–Kier alpha value is -2.79. The molecule has 5 nitrogen and oxygen atoms in total. The third kappa shape index (κ3) is 3.12. The molecule has 0 bridgehead atoms. The molecule has 0 saturated carbocycles. The number of aromatic nitrogens is 3. The molecule has 0 fully saturated rings. The Balaban J connectivity index is 1.45. The van der Waals surface area contributed by atoms with Gasteiger partial charge in [-0.3, -0.25) is 0 Å². The minimum absolute atomic E-state index is 0.414. The fraction of sp³-hybridized carbons (Fsp3) is 0.111. The van der Waals surface area contributed by atoms with E-state index in [-0.39, 0.29) is 0 Å². The number of benzene rings is 2. The molecule has 2 heterocycles. The minimum atomic E-state index is 0.414. The van der Waals surface area contributed by atoms with Crippen LogP contribution < -0.4 is 5.32 Å². The molecule has 6 heteroatoms. The van der Waals surface area contributed by atoms with Gasteiger partial charge in [0.05, 0.1) is 0 Å². The minimum Gasteiger partial charge on any atom is -0.402 e. The van der Waals surface area contributed by atoms with Gasteiger partial charge < -0.3 is 14.7 Å². The van der Waals surface area contributed by atoms with Crippen molar-refractivity contribution in [2.45, 2.75) is 6.42 Å². The van der Waals surface area contributed by atoms with Crippen molar-refractivity contribution >= 4 is 28.5 Å². The van der Waals surface area contributed by atoms with Gasteiger partial charge in [0.15, 0.2) is 0 Å². The first-order chi connectivity index (χ1) is 11.8. The second-order valence-corrected chi connectivity index (χ2v) is 5.93. The first-order valence-electron chi connectivity index (χ1n) is 7.68. The molecule has 24 heavy (non-hydrogen) atoms. The van der Waals surface area contributed by atoms with Crippen molar-refractivity contribution in [3.05, 3.63) is 65.2 Å². The molecule has 0 aliphatic carbocycles. The van der Waals surface area contributed by atoms with Gasteiger partial charge in [-0.05, 0) is 36.2 Å². The number of H-pyrrole nitrogens is 1. The number of rotatable bonds is 5. The summed E-state index contributed by atoms with van der Waals surface area (Å²) in [6.07, 6.45) is 0.892. The fourth-order valence-electron chi connectivity index (χ4n) is 2.58. The Bertz CT molecular complexity index is 961. The summed E-state index contributed by atoms with van der Waals surface area (Å²) in [4.78, 5) is 3.25. The average molecular weight is 339 g/mol. The molecule has 2 aromatic heterocycles. The van der Waals surface area contributed by atoms with E-state index in [0.717, 1.165) is 29.6 Å². The Kier molecular flexibility index (Phi) is 3.92. The van der Waals surface area contributed by atoms with Gasteiger partial charge in [-0.1, -0.05) is 47.0 Å². The fourth-order valence-corrected chi connectivity index (χ4v) is 2.76. The molecule has 0 atom stereocenters. The van der Waals surface area contributed by atoms with Crippen LogP contribution in [0.5, 0.6) is 0 Å². The van der Waals surface area contributed by atoms with Gasteiger partial charge in [-0.15, -0.1) is 5.10 Å². The van der Waals surface area contributed by atoms with Crippen molar-refractivity contribution in [1.29, 1.82) is 0 Å². The van der Waals surface area contributed by atoms with Gasteiger partial charge in [-0.2, -0.15) is 0 Å². The zero-order valence-corrected chi connectivity index (χ0v) is 13.5. The highest BCUT2D eigenvalue weighted by Crippen LogP contribution is 2.26. The number of nitrogens with one attached hydrogen (secondary N) is 2. The lowest BCUT2D eigenvalue weighted by Gasteiger charge is -2.01. The highest BCUT2D eigenvalue weighted by Gasteiger charge is 2.11. The van der Waals surface area contributed by atoms with Crippen molar-refractivity contribution in [2.24, 2.45) is 0 Å². The lowest BCUT2D eigenvalue weighted by Crippen LogP contribution is -2.04. The van der Waals surface area contributed by atoms with E-state index < -0.39 is 0 Å². The van der Waals surface area contributed by atoms with E-state index in [1.165, 1.54) is 5.56 Å². The van der Waals surface area contributed by atoms with Gasteiger partial charge in [0.25, 0.3) is 5.89 Å². The Morgan fingerprint density at radius 1 is 1.04 bits per heavy atom. The predicted octanol–water partition coefficient (Wildman–Crippen LogP) is 4.53. The molecular weight excluding hydrogens is 324 g/mol. The van der Waals surface area contributed by atoms with Crippen LogP contribution in [0.25, 0.3) is 22.5 Å². The van der Waals surface area contributed by atoms with Gasteiger partial charge in [-0.25, -0.2) is 0 Å². The molecule has 0 saturated heterocycles. The molecule has 4 rings (SSSR count). The lowest BCUT2D eigenvalue weighted by molar-refractivity contribution is 0.579. The molecule has 0 spiro atoms. The van der Waals surface area contributed by atoms with E-state index in [9.17, 15) is 0 Å². The first-order valence-corrected chi connectivity index (χ1v) is 8.06. The Labute approximate surface area is 143 Å². The summed E-state index contributed by atoms with van der Waals surface area (Å²) in [5.74, 6) is 0.449. The van der Waals surface area contributed by atoms with Crippen molar-refractivity contribution in [2.75, 3.05) is 11.9 Å². The second kappa shape index (κ2) is 6.37. The smallest absolute Gasteiger partial charge is 0.315 e. The molecule has 0 radical (unpaired) electrons. The maximum Gasteiger partial charge on any atom is 0.315 e. The van der Waals surface area contributed by atoms with Crippen LogP contribution in [-0.4, -0.2) is 21.7 Å². The number of fused-ring (bicyclic) bond motifs is 1.